The SMILES string of the molecule is CCCc1c(N)ncnc1NCCc1cccc(F)c1. The van der Waals surface area contributed by atoms with Crippen LogP contribution >= 0.6 is 0 Å². The zero-order chi connectivity index (χ0) is 14.4. The Morgan fingerprint density at radius 3 is 2.85 bits per heavy atom. The highest BCUT2D eigenvalue weighted by Crippen LogP contribution is 2.19. The van der Waals surface area contributed by atoms with Crippen molar-refractivity contribution in [1.29, 1.82) is 0 Å². The molecule has 1 aromatic heterocycles. The van der Waals surface area contributed by atoms with Crippen LogP contribution in [0.1, 0.15) is 24.5 Å². The average molecular weight is 274 g/mol. The normalized spacial score (nSPS) is 10.5. The lowest BCUT2D eigenvalue weighted by Gasteiger charge is -2.11. The number of rotatable bonds is 6. The largest absolute Gasteiger partial charge is 0.383 e. The van der Waals surface area contributed by atoms with E-state index in [1.165, 1.54) is 12.4 Å². The third-order valence-electron chi connectivity index (χ3n) is 3.07. The number of nitrogens with two attached hydrogens (primary N) is 1. The molecule has 0 saturated carbocycles. The Hall–Kier alpha value is -2.17. The van der Waals surface area contributed by atoms with Gasteiger partial charge in [-0.15, -0.1) is 0 Å². The zero-order valence-electron chi connectivity index (χ0n) is 11.6. The second-order valence-corrected chi connectivity index (χ2v) is 4.64. The number of nitrogen functional groups attached to an aromatic ring is 1. The molecule has 0 unspecified atom stereocenters. The van der Waals surface area contributed by atoms with Gasteiger partial charge in [-0.2, -0.15) is 0 Å². The smallest absolute Gasteiger partial charge is 0.134 e. The number of hydrogen-bond donors (Lipinski definition) is 2. The third-order valence-corrected chi connectivity index (χ3v) is 3.07. The molecule has 1 aromatic carbocycles. The molecule has 0 atom stereocenters. The van der Waals surface area contributed by atoms with E-state index in [0.717, 1.165) is 36.2 Å². The fourth-order valence-corrected chi connectivity index (χ4v) is 2.09. The molecule has 0 aliphatic carbocycles. The summed E-state index contributed by atoms with van der Waals surface area (Å²) in [6.07, 6.45) is 4.01. The van der Waals surface area contributed by atoms with E-state index in [4.69, 9.17) is 5.73 Å². The first-order chi connectivity index (χ1) is 9.70. The first-order valence-electron chi connectivity index (χ1n) is 6.78. The molecule has 5 heteroatoms. The van der Waals surface area contributed by atoms with E-state index >= 15 is 0 Å². The minimum atomic E-state index is -0.208. The number of benzene rings is 1. The van der Waals surface area contributed by atoms with Crippen molar-refractivity contribution < 1.29 is 4.39 Å². The van der Waals surface area contributed by atoms with Crippen molar-refractivity contribution in [2.24, 2.45) is 0 Å². The molecule has 20 heavy (non-hydrogen) atoms. The summed E-state index contributed by atoms with van der Waals surface area (Å²) >= 11 is 0. The minimum absolute atomic E-state index is 0.208. The van der Waals surface area contributed by atoms with Crippen molar-refractivity contribution in [2.75, 3.05) is 17.6 Å². The first-order valence-corrected chi connectivity index (χ1v) is 6.78. The monoisotopic (exact) mass is 274 g/mol. The molecule has 0 amide bonds. The molecular weight excluding hydrogens is 255 g/mol. The highest BCUT2D eigenvalue weighted by atomic mass is 19.1. The van der Waals surface area contributed by atoms with Crippen LogP contribution in [0.2, 0.25) is 0 Å². The van der Waals surface area contributed by atoms with Gasteiger partial charge in [0.15, 0.2) is 0 Å². The van der Waals surface area contributed by atoms with Gasteiger partial charge in [0, 0.05) is 12.1 Å². The minimum Gasteiger partial charge on any atom is -0.383 e. The fourth-order valence-electron chi connectivity index (χ4n) is 2.09. The van der Waals surface area contributed by atoms with Gasteiger partial charge in [0.1, 0.15) is 23.8 Å². The molecular formula is C15H19FN4. The van der Waals surface area contributed by atoms with Crippen LogP contribution in [0.15, 0.2) is 30.6 Å². The number of halogens is 1. The lowest BCUT2D eigenvalue weighted by molar-refractivity contribution is 0.625. The maximum Gasteiger partial charge on any atom is 0.134 e. The van der Waals surface area contributed by atoms with Crippen LogP contribution in [0.3, 0.4) is 0 Å². The summed E-state index contributed by atoms with van der Waals surface area (Å²) in [6, 6.07) is 6.62. The van der Waals surface area contributed by atoms with Crippen molar-refractivity contribution in [3.8, 4) is 0 Å². The molecule has 2 aromatic rings. The van der Waals surface area contributed by atoms with Gasteiger partial charge >= 0.3 is 0 Å². The maximum atomic E-state index is 13.1. The van der Waals surface area contributed by atoms with Crippen LogP contribution in [0.4, 0.5) is 16.0 Å². The molecule has 0 saturated heterocycles. The van der Waals surface area contributed by atoms with E-state index in [0.29, 0.717) is 12.4 Å². The van der Waals surface area contributed by atoms with Crippen LogP contribution in [-0.4, -0.2) is 16.5 Å². The number of nitrogens with zero attached hydrogens (tertiary/aromatic N) is 2. The molecule has 0 bridgehead atoms. The first kappa shape index (κ1) is 14.2. The van der Waals surface area contributed by atoms with E-state index in [-0.39, 0.29) is 5.82 Å². The summed E-state index contributed by atoms with van der Waals surface area (Å²) in [5.41, 5.74) is 7.78. The highest BCUT2D eigenvalue weighted by molar-refractivity contribution is 5.55. The Morgan fingerprint density at radius 2 is 2.10 bits per heavy atom. The predicted octanol–water partition coefficient (Wildman–Crippen LogP) is 2.81. The standard InChI is InChI=1S/C15H19FN4/c1-2-4-13-14(17)19-10-20-15(13)18-8-7-11-5-3-6-12(16)9-11/h3,5-6,9-10H,2,4,7-8H2,1H3,(H3,17,18,19,20). The van der Waals surface area contributed by atoms with E-state index in [1.54, 1.807) is 12.1 Å². The molecule has 0 spiro atoms. The summed E-state index contributed by atoms with van der Waals surface area (Å²) in [4.78, 5) is 8.24. The van der Waals surface area contributed by atoms with Gasteiger partial charge in [0.2, 0.25) is 0 Å². The lowest BCUT2D eigenvalue weighted by atomic mass is 10.1. The van der Waals surface area contributed by atoms with Crippen LogP contribution < -0.4 is 11.1 Å². The third kappa shape index (κ3) is 3.66. The second-order valence-electron chi connectivity index (χ2n) is 4.64. The molecule has 106 valence electrons. The molecule has 0 aliphatic rings. The summed E-state index contributed by atoms with van der Waals surface area (Å²) in [7, 11) is 0. The van der Waals surface area contributed by atoms with Gasteiger partial charge in [0.05, 0.1) is 0 Å². The van der Waals surface area contributed by atoms with Crippen molar-refractivity contribution in [2.45, 2.75) is 26.2 Å². The summed E-state index contributed by atoms with van der Waals surface area (Å²) in [5.74, 6) is 1.09. The summed E-state index contributed by atoms with van der Waals surface area (Å²) in [6.45, 7) is 2.76. The molecule has 0 fully saturated rings. The Balaban J connectivity index is 1.99. The summed E-state index contributed by atoms with van der Waals surface area (Å²) < 4.78 is 13.1. The Bertz CT molecular complexity index is 572. The summed E-state index contributed by atoms with van der Waals surface area (Å²) in [5, 5.41) is 3.25. The Labute approximate surface area is 118 Å². The lowest BCUT2D eigenvalue weighted by Crippen LogP contribution is -2.11. The van der Waals surface area contributed by atoms with Crippen molar-refractivity contribution >= 4 is 11.6 Å². The molecule has 3 N–H and O–H groups in total. The molecule has 4 nitrogen and oxygen atoms in total. The molecule has 2 rings (SSSR count). The zero-order valence-corrected chi connectivity index (χ0v) is 11.6. The Morgan fingerprint density at radius 1 is 1.25 bits per heavy atom. The van der Waals surface area contributed by atoms with E-state index < -0.39 is 0 Å². The Kier molecular flexibility index (Phi) is 4.87. The molecule has 0 radical (unpaired) electrons. The molecule has 1 heterocycles. The number of hydrogen-bond acceptors (Lipinski definition) is 4. The predicted molar refractivity (Wildman–Crippen MR) is 79.0 cm³/mol. The number of anilines is 2. The van der Waals surface area contributed by atoms with Gasteiger partial charge in [-0.1, -0.05) is 25.5 Å². The van der Waals surface area contributed by atoms with Crippen LogP contribution in [0.25, 0.3) is 0 Å². The van der Waals surface area contributed by atoms with Gasteiger partial charge < -0.3 is 11.1 Å². The van der Waals surface area contributed by atoms with Crippen molar-refractivity contribution in [3.05, 3.63) is 47.5 Å². The van der Waals surface area contributed by atoms with E-state index in [2.05, 4.69) is 22.2 Å². The van der Waals surface area contributed by atoms with Gasteiger partial charge in [0.25, 0.3) is 0 Å². The van der Waals surface area contributed by atoms with Crippen molar-refractivity contribution in [3.63, 3.8) is 0 Å². The van der Waals surface area contributed by atoms with E-state index in [1.807, 2.05) is 6.07 Å². The average Bonchev–Trinajstić information content (AvgIpc) is 2.42. The van der Waals surface area contributed by atoms with Crippen LogP contribution in [0.5, 0.6) is 0 Å². The maximum absolute atomic E-state index is 13.1. The molecule has 0 aliphatic heterocycles. The second kappa shape index (κ2) is 6.84. The van der Waals surface area contributed by atoms with Gasteiger partial charge in [-0.05, 0) is 30.5 Å². The van der Waals surface area contributed by atoms with E-state index in [9.17, 15) is 4.39 Å². The number of nitrogens with one attached hydrogen (secondary N) is 1. The topological polar surface area (TPSA) is 63.8 Å². The quantitative estimate of drug-likeness (QED) is 0.850. The highest BCUT2D eigenvalue weighted by Gasteiger charge is 2.07. The number of aromatic nitrogens is 2. The van der Waals surface area contributed by atoms with Crippen molar-refractivity contribution in [1.82, 2.24) is 9.97 Å². The van der Waals surface area contributed by atoms with Gasteiger partial charge in [-0.25, -0.2) is 14.4 Å². The van der Waals surface area contributed by atoms with Gasteiger partial charge in [-0.3, -0.25) is 0 Å². The van der Waals surface area contributed by atoms with Crippen LogP contribution in [0, 0.1) is 5.82 Å². The van der Waals surface area contributed by atoms with Crippen LogP contribution in [-0.2, 0) is 12.8 Å². The fraction of sp³-hybridized carbons (Fsp3) is 0.333.